The number of unbranched alkanes of at least 4 members (excludes halogenated alkanes) is 1. The van der Waals surface area contributed by atoms with Gasteiger partial charge in [-0.2, -0.15) is 0 Å². The molecule has 2 rings (SSSR count). The minimum atomic E-state index is -0.299. The first-order chi connectivity index (χ1) is 10.7. The fourth-order valence-corrected chi connectivity index (χ4v) is 2.20. The standard InChI is InChI=1S/C16H28N2O4/c1-2-3-4-14(22-16(20)6-8-18-11-12-18)13-21-15(19)5-7-17-9-10-17/h14H,2-13H2,1H3. The third-order valence-electron chi connectivity index (χ3n) is 3.95. The number of ether oxygens (including phenoxy) is 2. The molecule has 2 heterocycles. The van der Waals surface area contributed by atoms with Gasteiger partial charge >= 0.3 is 11.9 Å². The zero-order chi connectivity index (χ0) is 15.8. The van der Waals surface area contributed by atoms with Crippen LogP contribution in [0.2, 0.25) is 0 Å². The SMILES string of the molecule is CCCCC(COC(=O)CCN1CC1)OC(=O)CCN1CC1. The minimum Gasteiger partial charge on any atom is -0.462 e. The Morgan fingerprint density at radius 2 is 1.59 bits per heavy atom. The molecule has 0 radical (unpaired) electrons. The van der Waals surface area contributed by atoms with E-state index in [0.29, 0.717) is 12.8 Å². The van der Waals surface area contributed by atoms with Crippen LogP contribution in [0.5, 0.6) is 0 Å². The maximum Gasteiger partial charge on any atom is 0.307 e. The first kappa shape index (κ1) is 17.2. The molecule has 6 nitrogen and oxygen atoms in total. The second-order valence-corrected chi connectivity index (χ2v) is 6.12. The van der Waals surface area contributed by atoms with Crippen molar-refractivity contribution in [2.24, 2.45) is 0 Å². The summed E-state index contributed by atoms with van der Waals surface area (Å²) in [6.07, 6.45) is 3.30. The number of carbonyl (C=O) groups excluding carboxylic acids is 2. The number of carbonyl (C=O) groups is 2. The smallest absolute Gasteiger partial charge is 0.307 e. The number of rotatable bonds is 12. The van der Waals surface area contributed by atoms with Crippen molar-refractivity contribution in [1.29, 1.82) is 0 Å². The lowest BCUT2D eigenvalue weighted by atomic mass is 10.2. The molecule has 2 fully saturated rings. The van der Waals surface area contributed by atoms with Crippen molar-refractivity contribution in [2.75, 3.05) is 45.9 Å². The Morgan fingerprint density at radius 1 is 1.00 bits per heavy atom. The highest BCUT2D eigenvalue weighted by Crippen LogP contribution is 2.10. The molecule has 0 aliphatic carbocycles. The molecule has 0 aromatic rings. The summed E-state index contributed by atoms with van der Waals surface area (Å²) in [7, 11) is 0. The van der Waals surface area contributed by atoms with E-state index in [1.165, 1.54) is 0 Å². The van der Waals surface area contributed by atoms with Gasteiger partial charge in [-0.3, -0.25) is 9.59 Å². The normalized spacial score (nSPS) is 18.8. The van der Waals surface area contributed by atoms with E-state index in [0.717, 1.165) is 58.5 Å². The molecule has 1 unspecified atom stereocenters. The Bertz CT molecular complexity index is 367. The quantitative estimate of drug-likeness (QED) is 0.396. The fourth-order valence-electron chi connectivity index (χ4n) is 2.20. The first-order valence-corrected chi connectivity index (χ1v) is 8.47. The predicted octanol–water partition coefficient (Wildman–Crippen LogP) is 1.04. The number of hydrogen-bond donors (Lipinski definition) is 0. The first-order valence-electron chi connectivity index (χ1n) is 8.47. The molecule has 0 bridgehead atoms. The van der Waals surface area contributed by atoms with Gasteiger partial charge in [0.25, 0.3) is 0 Å². The summed E-state index contributed by atoms with van der Waals surface area (Å²) in [5.74, 6) is -0.387. The van der Waals surface area contributed by atoms with Crippen LogP contribution in [-0.2, 0) is 19.1 Å². The molecule has 22 heavy (non-hydrogen) atoms. The Balaban J connectivity index is 1.62. The summed E-state index contributed by atoms with van der Waals surface area (Å²) < 4.78 is 10.7. The summed E-state index contributed by atoms with van der Waals surface area (Å²) in [6, 6.07) is 0. The van der Waals surface area contributed by atoms with Crippen molar-refractivity contribution in [1.82, 2.24) is 9.80 Å². The van der Waals surface area contributed by atoms with E-state index in [1.807, 2.05) is 0 Å². The maximum absolute atomic E-state index is 11.8. The van der Waals surface area contributed by atoms with Gasteiger partial charge in [-0.25, -0.2) is 0 Å². The number of nitrogens with zero attached hydrogens (tertiary/aromatic N) is 2. The van der Waals surface area contributed by atoms with E-state index in [-0.39, 0.29) is 24.6 Å². The Labute approximate surface area is 132 Å². The molecule has 0 amide bonds. The van der Waals surface area contributed by atoms with Crippen molar-refractivity contribution in [3.8, 4) is 0 Å². The van der Waals surface area contributed by atoms with Crippen molar-refractivity contribution < 1.29 is 19.1 Å². The summed E-state index contributed by atoms with van der Waals surface area (Å²) in [6.45, 7) is 8.16. The molecule has 0 aromatic carbocycles. The fraction of sp³-hybridized carbons (Fsp3) is 0.875. The van der Waals surface area contributed by atoms with E-state index in [1.54, 1.807) is 0 Å². The van der Waals surface area contributed by atoms with Crippen LogP contribution < -0.4 is 0 Å². The molecular formula is C16H28N2O4. The number of esters is 2. The van der Waals surface area contributed by atoms with Crippen LogP contribution in [0, 0.1) is 0 Å². The molecule has 0 N–H and O–H groups in total. The highest BCUT2D eigenvalue weighted by Gasteiger charge is 2.22. The minimum absolute atomic E-state index is 0.187. The molecule has 0 saturated carbocycles. The molecule has 126 valence electrons. The lowest BCUT2D eigenvalue weighted by Crippen LogP contribution is -2.26. The van der Waals surface area contributed by atoms with Crippen LogP contribution in [0.4, 0.5) is 0 Å². The van der Waals surface area contributed by atoms with Crippen LogP contribution >= 0.6 is 0 Å². The molecular weight excluding hydrogens is 284 g/mol. The average Bonchev–Trinajstić information content (AvgIpc) is 3.39. The van der Waals surface area contributed by atoms with Crippen LogP contribution in [0.1, 0.15) is 39.0 Å². The van der Waals surface area contributed by atoms with Crippen LogP contribution in [0.15, 0.2) is 0 Å². The zero-order valence-corrected chi connectivity index (χ0v) is 13.6. The van der Waals surface area contributed by atoms with E-state index in [4.69, 9.17) is 9.47 Å². The lowest BCUT2D eigenvalue weighted by molar-refractivity contribution is -0.159. The zero-order valence-electron chi connectivity index (χ0n) is 13.6. The molecule has 2 aliphatic rings. The summed E-state index contributed by atoms with van der Waals surface area (Å²) in [4.78, 5) is 27.9. The largest absolute Gasteiger partial charge is 0.462 e. The van der Waals surface area contributed by atoms with E-state index in [2.05, 4.69) is 16.7 Å². The maximum atomic E-state index is 11.8. The van der Waals surface area contributed by atoms with Gasteiger partial charge in [0.2, 0.25) is 0 Å². The average molecular weight is 312 g/mol. The molecule has 2 saturated heterocycles. The monoisotopic (exact) mass is 312 g/mol. The third-order valence-corrected chi connectivity index (χ3v) is 3.95. The Morgan fingerprint density at radius 3 is 2.14 bits per heavy atom. The molecule has 0 spiro atoms. The van der Waals surface area contributed by atoms with Gasteiger partial charge in [0.05, 0.1) is 12.8 Å². The van der Waals surface area contributed by atoms with Gasteiger partial charge in [-0.1, -0.05) is 13.3 Å². The second kappa shape index (κ2) is 9.10. The van der Waals surface area contributed by atoms with E-state index in [9.17, 15) is 9.59 Å². The van der Waals surface area contributed by atoms with Crippen molar-refractivity contribution in [2.45, 2.75) is 45.1 Å². The Hall–Kier alpha value is -1.14. The van der Waals surface area contributed by atoms with Crippen LogP contribution in [-0.4, -0.2) is 73.7 Å². The van der Waals surface area contributed by atoms with Crippen LogP contribution in [0.25, 0.3) is 0 Å². The van der Waals surface area contributed by atoms with Gasteiger partial charge in [-0.05, 0) is 12.8 Å². The second-order valence-electron chi connectivity index (χ2n) is 6.12. The third kappa shape index (κ3) is 7.75. The molecule has 1 atom stereocenters. The summed E-state index contributed by atoms with van der Waals surface area (Å²) in [5, 5.41) is 0. The topological polar surface area (TPSA) is 58.6 Å². The molecule has 0 aromatic heterocycles. The number of hydrogen-bond acceptors (Lipinski definition) is 6. The van der Waals surface area contributed by atoms with Crippen LogP contribution in [0.3, 0.4) is 0 Å². The van der Waals surface area contributed by atoms with Crippen molar-refractivity contribution >= 4 is 11.9 Å². The summed E-state index contributed by atoms with van der Waals surface area (Å²) in [5.41, 5.74) is 0. The lowest BCUT2D eigenvalue weighted by Gasteiger charge is -2.18. The molecule has 6 heteroatoms. The highest BCUT2D eigenvalue weighted by molar-refractivity contribution is 5.70. The highest BCUT2D eigenvalue weighted by atomic mass is 16.6. The van der Waals surface area contributed by atoms with Gasteiger partial charge in [0.1, 0.15) is 12.7 Å². The molecule has 2 aliphatic heterocycles. The van der Waals surface area contributed by atoms with Crippen molar-refractivity contribution in [3.05, 3.63) is 0 Å². The van der Waals surface area contributed by atoms with E-state index < -0.39 is 0 Å². The van der Waals surface area contributed by atoms with E-state index >= 15 is 0 Å². The van der Waals surface area contributed by atoms with Crippen molar-refractivity contribution in [3.63, 3.8) is 0 Å². The van der Waals surface area contributed by atoms with Gasteiger partial charge < -0.3 is 19.3 Å². The predicted molar refractivity (Wildman–Crippen MR) is 82.5 cm³/mol. The van der Waals surface area contributed by atoms with Gasteiger partial charge in [0.15, 0.2) is 0 Å². The van der Waals surface area contributed by atoms with Gasteiger partial charge in [-0.15, -0.1) is 0 Å². The summed E-state index contributed by atoms with van der Waals surface area (Å²) >= 11 is 0. The van der Waals surface area contributed by atoms with Gasteiger partial charge in [0, 0.05) is 39.3 Å². The Kier molecular flexibility index (Phi) is 7.12.